The van der Waals surface area contributed by atoms with E-state index < -0.39 is 23.8 Å². The molecule has 1 N–H and O–H groups in total. The number of benzene rings is 3. The van der Waals surface area contributed by atoms with Gasteiger partial charge in [0.05, 0.1) is 12.6 Å². The number of ether oxygens (including phenoxy) is 1. The molecule has 3 aromatic rings. The zero-order chi connectivity index (χ0) is 27.7. The molecule has 7 nitrogen and oxygen atoms in total. The highest BCUT2D eigenvalue weighted by molar-refractivity contribution is 7.99. The summed E-state index contributed by atoms with van der Waals surface area (Å²) in [5, 5.41) is 11.3. The van der Waals surface area contributed by atoms with E-state index in [2.05, 4.69) is 4.89 Å². The molecule has 0 bridgehead atoms. The summed E-state index contributed by atoms with van der Waals surface area (Å²) in [6.45, 7) is 7.17. The topological polar surface area (TPSA) is 85.3 Å². The Hall–Kier alpha value is -3.20. The number of amides is 1. The van der Waals surface area contributed by atoms with Crippen molar-refractivity contribution in [1.29, 1.82) is 0 Å². The monoisotopic (exact) mass is 557 g/mol. The van der Waals surface area contributed by atoms with Crippen molar-refractivity contribution in [2.24, 2.45) is 0 Å². The zero-order valence-corrected chi connectivity index (χ0v) is 23.4. The van der Waals surface area contributed by atoms with Gasteiger partial charge >= 0.3 is 12.1 Å². The lowest BCUT2D eigenvalue weighted by Gasteiger charge is -2.29. The van der Waals surface area contributed by atoms with Gasteiger partial charge < -0.3 is 14.7 Å². The average molecular weight is 558 g/mol. The van der Waals surface area contributed by atoms with E-state index >= 15 is 0 Å². The number of nitrogens with zero attached hydrogens (tertiary/aromatic N) is 1. The average Bonchev–Trinajstić information content (AvgIpc) is 2.85. The number of carbonyl (C=O) groups excluding carboxylic acids is 2. The lowest BCUT2D eigenvalue weighted by atomic mass is 10.1. The van der Waals surface area contributed by atoms with Gasteiger partial charge in [-0.05, 0) is 86.8 Å². The van der Waals surface area contributed by atoms with E-state index in [0.29, 0.717) is 29.3 Å². The number of hydrogen-bond acceptors (Lipinski definition) is 7. The number of rotatable bonds is 10. The molecule has 0 aliphatic rings. The normalized spacial score (nSPS) is 11.9. The first-order chi connectivity index (χ1) is 18.0. The van der Waals surface area contributed by atoms with Gasteiger partial charge in [0.25, 0.3) is 0 Å². The van der Waals surface area contributed by atoms with Crippen molar-refractivity contribution in [1.82, 2.24) is 4.90 Å². The van der Waals surface area contributed by atoms with Gasteiger partial charge in [0.2, 0.25) is 0 Å². The number of hydrogen-bond donors (Lipinski definition) is 1. The van der Waals surface area contributed by atoms with Crippen LogP contribution in [0.25, 0.3) is 0 Å². The van der Waals surface area contributed by atoms with Gasteiger partial charge in [0.1, 0.15) is 5.60 Å². The van der Waals surface area contributed by atoms with Gasteiger partial charge in [-0.15, -0.1) is 0 Å². The van der Waals surface area contributed by atoms with E-state index in [9.17, 15) is 14.7 Å². The second-order valence-corrected chi connectivity index (χ2v) is 11.2. The molecule has 0 fully saturated rings. The van der Waals surface area contributed by atoms with Crippen molar-refractivity contribution in [3.63, 3.8) is 0 Å². The molecule has 0 radical (unpaired) electrons. The van der Waals surface area contributed by atoms with Gasteiger partial charge in [-0.1, -0.05) is 47.6 Å². The first-order valence-corrected chi connectivity index (χ1v) is 13.3. The summed E-state index contributed by atoms with van der Waals surface area (Å²) < 4.78 is 5.58. The fraction of sp³-hybridized carbons (Fsp3) is 0.310. The third kappa shape index (κ3) is 9.93. The Balaban J connectivity index is 1.61. The van der Waals surface area contributed by atoms with Crippen LogP contribution in [0.1, 0.15) is 44.9 Å². The summed E-state index contributed by atoms with van der Waals surface area (Å²) in [7, 11) is 0. The lowest BCUT2D eigenvalue weighted by Crippen LogP contribution is -2.40. The Morgan fingerprint density at radius 1 is 1.00 bits per heavy atom. The second-order valence-electron chi connectivity index (χ2n) is 9.62. The van der Waals surface area contributed by atoms with Gasteiger partial charge in [0, 0.05) is 28.3 Å². The molecule has 0 unspecified atom stereocenters. The molecular weight excluding hydrogens is 526 g/mol. The molecule has 0 aromatic heterocycles. The molecule has 0 heterocycles. The molecular formula is C29H32ClNO6S. The Kier molecular flexibility index (Phi) is 10.5. The molecule has 202 valence electrons. The molecule has 0 spiro atoms. The van der Waals surface area contributed by atoms with Crippen molar-refractivity contribution < 1.29 is 29.2 Å². The van der Waals surface area contributed by atoms with Crippen LogP contribution >= 0.6 is 23.4 Å². The van der Waals surface area contributed by atoms with Crippen LogP contribution in [-0.4, -0.2) is 40.8 Å². The molecule has 0 saturated heterocycles. The summed E-state index contributed by atoms with van der Waals surface area (Å²) in [6, 6.07) is 22.2. The number of aliphatic hydroxyl groups excluding tert-OH is 1. The molecule has 1 amide bonds. The summed E-state index contributed by atoms with van der Waals surface area (Å²) >= 11 is 7.65. The van der Waals surface area contributed by atoms with E-state index in [1.807, 2.05) is 57.2 Å². The third-order valence-electron chi connectivity index (χ3n) is 5.19. The number of carbonyl (C=O) groups is 2. The standard InChI is InChI=1S/C29H32ClNO6S/c1-20(32)36-37-24-10-14-26(15-11-24)38-25-12-8-21(9-13-25)16-17-31(28(34)35-29(2,3)4)19-27(33)22-6-5-7-23(30)18-22/h5-15,18,27,33H,16-17,19H2,1-4H3/t27-/m0/s1. The van der Waals surface area contributed by atoms with Gasteiger partial charge in [-0.2, -0.15) is 0 Å². The predicted octanol–water partition coefficient (Wildman–Crippen LogP) is 6.86. The van der Waals surface area contributed by atoms with E-state index in [1.165, 1.54) is 11.8 Å². The smallest absolute Gasteiger partial charge is 0.410 e. The minimum Gasteiger partial charge on any atom is -0.444 e. The van der Waals surface area contributed by atoms with E-state index in [0.717, 1.165) is 15.4 Å². The van der Waals surface area contributed by atoms with E-state index in [4.69, 9.17) is 21.2 Å². The van der Waals surface area contributed by atoms with Crippen LogP contribution in [-0.2, 0) is 20.8 Å². The summed E-state index contributed by atoms with van der Waals surface area (Å²) in [5.41, 5.74) is 1.03. The van der Waals surface area contributed by atoms with Crippen LogP contribution in [0, 0.1) is 0 Å². The van der Waals surface area contributed by atoms with Crippen molar-refractivity contribution in [3.8, 4) is 5.75 Å². The molecule has 1 atom stereocenters. The highest BCUT2D eigenvalue weighted by Gasteiger charge is 2.24. The number of halogens is 1. The fourth-order valence-electron chi connectivity index (χ4n) is 3.41. The quantitative estimate of drug-likeness (QED) is 0.215. The Morgan fingerprint density at radius 2 is 1.63 bits per heavy atom. The zero-order valence-electron chi connectivity index (χ0n) is 21.8. The maximum atomic E-state index is 12.9. The minimum atomic E-state index is -0.897. The van der Waals surface area contributed by atoms with E-state index in [-0.39, 0.29) is 6.54 Å². The number of aliphatic hydroxyl groups is 1. The van der Waals surface area contributed by atoms with Crippen LogP contribution in [0.3, 0.4) is 0 Å². The molecule has 3 rings (SSSR count). The van der Waals surface area contributed by atoms with Crippen LogP contribution in [0.2, 0.25) is 5.02 Å². The molecule has 38 heavy (non-hydrogen) atoms. The third-order valence-corrected chi connectivity index (χ3v) is 6.44. The van der Waals surface area contributed by atoms with Gasteiger partial charge in [-0.25, -0.2) is 9.59 Å². The predicted molar refractivity (Wildman–Crippen MR) is 147 cm³/mol. The van der Waals surface area contributed by atoms with Crippen LogP contribution in [0.5, 0.6) is 5.75 Å². The molecule has 0 saturated carbocycles. The fourth-order valence-corrected chi connectivity index (χ4v) is 4.42. The van der Waals surface area contributed by atoms with Crippen molar-refractivity contribution in [2.45, 2.75) is 55.6 Å². The van der Waals surface area contributed by atoms with Crippen molar-refractivity contribution in [2.75, 3.05) is 13.1 Å². The molecule has 9 heteroatoms. The molecule has 3 aromatic carbocycles. The van der Waals surface area contributed by atoms with Crippen molar-refractivity contribution in [3.05, 3.63) is 88.9 Å². The highest BCUT2D eigenvalue weighted by atomic mass is 35.5. The first-order valence-electron chi connectivity index (χ1n) is 12.1. The summed E-state index contributed by atoms with van der Waals surface area (Å²) in [5.74, 6) is -0.0787. The maximum absolute atomic E-state index is 12.9. The minimum absolute atomic E-state index is 0.0837. The van der Waals surface area contributed by atoms with E-state index in [1.54, 1.807) is 48.2 Å². The highest BCUT2D eigenvalue weighted by Crippen LogP contribution is 2.29. The Morgan fingerprint density at radius 3 is 2.21 bits per heavy atom. The molecule has 0 aliphatic carbocycles. The van der Waals surface area contributed by atoms with Gasteiger partial charge in [-0.3, -0.25) is 9.78 Å². The lowest BCUT2D eigenvalue weighted by molar-refractivity contribution is -0.210. The SMILES string of the molecule is CC(=O)OOc1ccc(Sc2ccc(CCN(C[C@H](O)c3cccc(Cl)c3)C(=O)OC(C)(C)C)cc2)cc1. The van der Waals surface area contributed by atoms with Crippen LogP contribution in [0.4, 0.5) is 4.79 Å². The Bertz CT molecular complexity index is 1210. The summed E-state index contributed by atoms with van der Waals surface area (Å²) in [6.07, 6.45) is -0.785. The maximum Gasteiger partial charge on any atom is 0.410 e. The van der Waals surface area contributed by atoms with Crippen LogP contribution in [0.15, 0.2) is 82.6 Å². The van der Waals surface area contributed by atoms with Crippen LogP contribution < -0.4 is 4.89 Å². The largest absolute Gasteiger partial charge is 0.444 e. The Labute approximate surface area is 232 Å². The second kappa shape index (κ2) is 13.6. The first kappa shape index (κ1) is 29.4. The van der Waals surface area contributed by atoms with Crippen molar-refractivity contribution >= 4 is 35.4 Å². The molecule has 0 aliphatic heterocycles. The van der Waals surface area contributed by atoms with Gasteiger partial charge in [0.15, 0.2) is 5.75 Å². The summed E-state index contributed by atoms with van der Waals surface area (Å²) in [4.78, 5) is 36.8.